The number of aryl methyl sites for hydroxylation is 1. The SMILES string of the molecule is CCCc1ccc(C(=O)CC(=O)c2ccc(C(=O)OC)cc2)cc1. The number of ether oxygens (including phenoxy) is 1. The number of hydrogen-bond acceptors (Lipinski definition) is 4. The molecule has 4 nitrogen and oxygen atoms in total. The van der Waals surface area contributed by atoms with Crippen molar-refractivity contribution in [3.05, 3.63) is 70.8 Å². The van der Waals surface area contributed by atoms with E-state index in [-0.39, 0.29) is 18.0 Å². The Morgan fingerprint density at radius 1 is 0.792 bits per heavy atom. The van der Waals surface area contributed by atoms with Crippen molar-refractivity contribution < 1.29 is 19.1 Å². The maximum absolute atomic E-state index is 12.2. The van der Waals surface area contributed by atoms with Crippen LogP contribution in [0.2, 0.25) is 0 Å². The van der Waals surface area contributed by atoms with Crippen molar-refractivity contribution in [2.24, 2.45) is 0 Å². The third kappa shape index (κ3) is 4.38. The number of Topliss-reactive ketones (excluding diaryl/α,β-unsaturated/α-hetero) is 2. The molecule has 0 aliphatic carbocycles. The first kappa shape index (κ1) is 17.6. The van der Waals surface area contributed by atoms with Crippen LogP contribution in [-0.2, 0) is 11.2 Å². The largest absolute Gasteiger partial charge is 0.465 e. The minimum Gasteiger partial charge on any atom is -0.465 e. The van der Waals surface area contributed by atoms with Crippen LogP contribution in [0.1, 0.15) is 56.4 Å². The Morgan fingerprint density at radius 2 is 1.25 bits per heavy atom. The van der Waals surface area contributed by atoms with Gasteiger partial charge in [0.1, 0.15) is 0 Å². The van der Waals surface area contributed by atoms with Crippen molar-refractivity contribution in [3.8, 4) is 0 Å². The Hall–Kier alpha value is -2.75. The van der Waals surface area contributed by atoms with Gasteiger partial charge in [0.25, 0.3) is 0 Å². The van der Waals surface area contributed by atoms with Crippen LogP contribution in [0.15, 0.2) is 48.5 Å². The second-order valence-corrected chi connectivity index (χ2v) is 5.54. The minimum atomic E-state index is -0.461. The van der Waals surface area contributed by atoms with E-state index < -0.39 is 5.97 Å². The van der Waals surface area contributed by atoms with Crippen molar-refractivity contribution in [2.45, 2.75) is 26.2 Å². The summed E-state index contributed by atoms with van der Waals surface area (Å²) in [7, 11) is 1.30. The second kappa shape index (κ2) is 8.20. The van der Waals surface area contributed by atoms with E-state index in [9.17, 15) is 14.4 Å². The van der Waals surface area contributed by atoms with E-state index in [0.29, 0.717) is 16.7 Å². The quantitative estimate of drug-likeness (QED) is 0.440. The summed E-state index contributed by atoms with van der Waals surface area (Å²) in [5, 5.41) is 0. The smallest absolute Gasteiger partial charge is 0.337 e. The maximum atomic E-state index is 12.2. The van der Waals surface area contributed by atoms with Crippen LogP contribution in [0, 0.1) is 0 Å². The summed E-state index contributed by atoms with van der Waals surface area (Å²) in [6.07, 6.45) is 1.83. The van der Waals surface area contributed by atoms with E-state index in [4.69, 9.17) is 0 Å². The Labute approximate surface area is 141 Å². The molecule has 0 aromatic heterocycles. The molecule has 0 fully saturated rings. The number of carbonyl (C=O) groups excluding carboxylic acids is 3. The monoisotopic (exact) mass is 324 g/mol. The van der Waals surface area contributed by atoms with Crippen molar-refractivity contribution in [2.75, 3.05) is 7.11 Å². The number of methoxy groups -OCH3 is 1. The van der Waals surface area contributed by atoms with E-state index in [1.807, 2.05) is 12.1 Å². The van der Waals surface area contributed by atoms with E-state index in [2.05, 4.69) is 11.7 Å². The van der Waals surface area contributed by atoms with Gasteiger partial charge < -0.3 is 4.74 Å². The van der Waals surface area contributed by atoms with Gasteiger partial charge in [-0.05, 0) is 24.1 Å². The van der Waals surface area contributed by atoms with Crippen LogP contribution in [0.25, 0.3) is 0 Å². The highest BCUT2D eigenvalue weighted by atomic mass is 16.5. The first-order chi connectivity index (χ1) is 11.5. The van der Waals surface area contributed by atoms with Gasteiger partial charge in [-0.3, -0.25) is 9.59 Å². The molecule has 0 N–H and O–H groups in total. The standard InChI is InChI=1S/C20H20O4/c1-3-4-14-5-7-15(8-6-14)18(21)13-19(22)16-9-11-17(12-10-16)20(23)24-2/h5-12H,3-4,13H2,1-2H3. The predicted octanol–water partition coefficient (Wildman–Crippen LogP) is 3.88. The number of carbonyl (C=O) groups is 3. The van der Waals surface area contributed by atoms with Gasteiger partial charge in [0.15, 0.2) is 11.6 Å². The lowest BCUT2D eigenvalue weighted by molar-refractivity contribution is 0.0600. The highest BCUT2D eigenvalue weighted by Crippen LogP contribution is 2.13. The molecule has 0 aliphatic heterocycles. The summed E-state index contributed by atoms with van der Waals surface area (Å²) in [5.74, 6) is -0.939. The lowest BCUT2D eigenvalue weighted by Gasteiger charge is -2.04. The Bertz CT molecular complexity index is 727. The Morgan fingerprint density at radius 3 is 1.71 bits per heavy atom. The molecule has 2 aromatic carbocycles. The fourth-order valence-corrected chi connectivity index (χ4v) is 2.41. The van der Waals surface area contributed by atoms with Crippen LogP contribution >= 0.6 is 0 Å². The third-order valence-corrected chi connectivity index (χ3v) is 3.76. The molecule has 0 aliphatic rings. The molecule has 4 heteroatoms. The normalized spacial score (nSPS) is 10.2. The summed E-state index contributed by atoms with van der Waals surface area (Å²) in [5.41, 5.74) is 2.48. The zero-order valence-corrected chi connectivity index (χ0v) is 13.9. The average molecular weight is 324 g/mol. The Kier molecular flexibility index (Phi) is 6.01. The van der Waals surface area contributed by atoms with Crippen molar-refractivity contribution >= 4 is 17.5 Å². The van der Waals surface area contributed by atoms with Gasteiger partial charge in [0.2, 0.25) is 0 Å². The van der Waals surface area contributed by atoms with Gasteiger partial charge >= 0.3 is 5.97 Å². The molecule has 0 amide bonds. The van der Waals surface area contributed by atoms with Gasteiger partial charge in [-0.1, -0.05) is 49.7 Å². The number of esters is 1. The molecule has 0 heterocycles. The number of ketones is 2. The molecule has 24 heavy (non-hydrogen) atoms. The second-order valence-electron chi connectivity index (χ2n) is 5.54. The lowest BCUT2D eigenvalue weighted by atomic mass is 9.99. The zero-order valence-electron chi connectivity index (χ0n) is 13.9. The van der Waals surface area contributed by atoms with Crippen LogP contribution in [0.5, 0.6) is 0 Å². The Balaban J connectivity index is 2.03. The molecule has 0 radical (unpaired) electrons. The third-order valence-electron chi connectivity index (χ3n) is 3.76. The predicted molar refractivity (Wildman–Crippen MR) is 91.5 cm³/mol. The van der Waals surface area contributed by atoms with Gasteiger partial charge in [-0.25, -0.2) is 4.79 Å². The molecule has 0 bridgehead atoms. The average Bonchev–Trinajstić information content (AvgIpc) is 2.62. The zero-order chi connectivity index (χ0) is 17.5. The van der Waals surface area contributed by atoms with E-state index in [1.165, 1.54) is 36.9 Å². The number of rotatable bonds is 7. The van der Waals surface area contributed by atoms with Gasteiger partial charge in [0, 0.05) is 11.1 Å². The van der Waals surface area contributed by atoms with E-state index >= 15 is 0 Å². The molecule has 124 valence electrons. The van der Waals surface area contributed by atoms with Crippen LogP contribution in [-0.4, -0.2) is 24.6 Å². The molecule has 2 aromatic rings. The van der Waals surface area contributed by atoms with Crippen molar-refractivity contribution in [1.82, 2.24) is 0 Å². The summed E-state index contributed by atoms with van der Waals surface area (Å²) in [4.78, 5) is 35.8. The maximum Gasteiger partial charge on any atom is 0.337 e. The first-order valence-corrected chi connectivity index (χ1v) is 7.89. The summed E-state index contributed by atoms with van der Waals surface area (Å²) < 4.78 is 4.61. The fourth-order valence-electron chi connectivity index (χ4n) is 2.41. The van der Waals surface area contributed by atoms with Crippen LogP contribution < -0.4 is 0 Å². The van der Waals surface area contributed by atoms with Crippen molar-refractivity contribution in [1.29, 1.82) is 0 Å². The number of hydrogen-bond donors (Lipinski definition) is 0. The molecular weight excluding hydrogens is 304 g/mol. The van der Waals surface area contributed by atoms with Crippen molar-refractivity contribution in [3.63, 3.8) is 0 Å². The van der Waals surface area contributed by atoms with Crippen LogP contribution in [0.3, 0.4) is 0 Å². The number of benzene rings is 2. The highest BCUT2D eigenvalue weighted by molar-refractivity contribution is 6.13. The molecule has 0 unspecified atom stereocenters. The first-order valence-electron chi connectivity index (χ1n) is 7.89. The molecule has 0 saturated carbocycles. The summed E-state index contributed by atoms with van der Waals surface area (Å²) >= 11 is 0. The fraction of sp³-hybridized carbons (Fsp3) is 0.250. The molecular formula is C20H20O4. The lowest BCUT2D eigenvalue weighted by Crippen LogP contribution is -2.09. The molecule has 2 rings (SSSR count). The minimum absolute atomic E-state index is 0.190. The molecule has 0 saturated heterocycles. The van der Waals surface area contributed by atoms with E-state index in [1.54, 1.807) is 12.1 Å². The summed E-state index contributed by atoms with van der Waals surface area (Å²) in [6, 6.07) is 13.5. The molecule has 0 atom stereocenters. The van der Waals surface area contributed by atoms with Crippen LogP contribution in [0.4, 0.5) is 0 Å². The van der Waals surface area contributed by atoms with Gasteiger partial charge in [-0.15, -0.1) is 0 Å². The van der Waals surface area contributed by atoms with Gasteiger partial charge in [0.05, 0.1) is 19.1 Å². The summed E-state index contributed by atoms with van der Waals surface area (Å²) in [6.45, 7) is 2.10. The topological polar surface area (TPSA) is 60.4 Å². The van der Waals surface area contributed by atoms with Gasteiger partial charge in [-0.2, -0.15) is 0 Å². The highest BCUT2D eigenvalue weighted by Gasteiger charge is 2.14. The molecule has 0 spiro atoms. The van der Waals surface area contributed by atoms with E-state index in [0.717, 1.165) is 12.8 Å².